The van der Waals surface area contributed by atoms with E-state index in [-0.39, 0.29) is 11.6 Å². The molecule has 2 heterocycles. The molecule has 128 valence electrons. The lowest BCUT2D eigenvalue weighted by Crippen LogP contribution is -2.15. The normalized spacial score (nSPS) is 10.8. The first-order valence-corrected chi connectivity index (χ1v) is 8.37. The number of para-hydroxylation sites is 1. The molecule has 0 fully saturated rings. The predicted molar refractivity (Wildman–Crippen MR) is 100 cm³/mol. The Hall–Kier alpha value is -3.25. The van der Waals surface area contributed by atoms with Crippen LogP contribution in [-0.2, 0) is 6.54 Å². The van der Waals surface area contributed by atoms with Gasteiger partial charge in [0.2, 0.25) is 0 Å². The van der Waals surface area contributed by atoms with Crippen LogP contribution >= 0.6 is 11.6 Å². The van der Waals surface area contributed by atoms with E-state index in [1.54, 1.807) is 12.1 Å². The summed E-state index contributed by atoms with van der Waals surface area (Å²) in [5, 5.41) is 16.5. The summed E-state index contributed by atoms with van der Waals surface area (Å²) in [6, 6.07) is 18.6. The number of hydrogen-bond donors (Lipinski definition) is 1. The van der Waals surface area contributed by atoms with Crippen molar-refractivity contribution in [1.29, 1.82) is 0 Å². The number of amides is 1. The minimum atomic E-state index is -0.347. The van der Waals surface area contributed by atoms with Crippen LogP contribution in [0.2, 0.25) is 5.02 Å². The molecule has 0 unspecified atom stereocenters. The molecular formula is C19H14ClN5O. The van der Waals surface area contributed by atoms with Gasteiger partial charge in [-0.3, -0.25) is 9.48 Å². The first kappa shape index (κ1) is 16.2. The Morgan fingerprint density at radius 1 is 1.04 bits per heavy atom. The average molecular weight is 364 g/mol. The second kappa shape index (κ2) is 6.93. The zero-order chi connectivity index (χ0) is 17.9. The third kappa shape index (κ3) is 3.27. The smallest absolute Gasteiger partial charge is 0.277 e. The van der Waals surface area contributed by atoms with Crippen molar-refractivity contribution in [3.63, 3.8) is 0 Å². The van der Waals surface area contributed by atoms with Gasteiger partial charge in [0.1, 0.15) is 0 Å². The van der Waals surface area contributed by atoms with E-state index in [2.05, 4.69) is 20.6 Å². The van der Waals surface area contributed by atoms with E-state index in [1.807, 2.05) is 53.2 Å². The summed E-state index contributed by atoms with van der Waals surface area (Å²) >= 11 is 5.95. The average Bonchev–Trinajstić information content (AvgIpc) is 3.02. The topological polar surface area (TPSA) is 72.7 Å². The quantitative estimate of drug-likeness (QED) is 0.599. The Labute approximate surface area is 154 Å². The lowest BCUT2D eigenvalue weighted by Gasteiger charge is -2.04. The van der Waals surface area contributed by atoms with Crippen molar-refractivity contribution in [3.05, 3.63) is 83.1 Å². The predicted octanol–water partition coefficient (Wildman–Crippen LogP) is 3.78. The van der Waals surface area contributed by atoms with Crippen molar-refractivity contribution in [1.82, 2.24) is 20.0 Å². The summed E-state index contributed by atoms with van der Waals surface area (Å²) in [6.07, 6.45) is 1.52. The maximum Gasteiger partial charge on any atom is 0.277 e. The van der Waals surface area contributed by atoms with Crippen LogP contribution < -0.4 is 5.32 Å². The first-order valence-electron chi connectivity index (χ1n) is 8.00. The fraction of sp³-hybridized carbons (Fsp3) is 0.0526. The lowest BCUT2D eigenvalue weighted by molar-refractivity contribution is 0.102. The summed E-state index contributed by atoms with van der Waals surface area (Å²) in [5.74, 6) is 0.144. The van der Waals surface area contributed by atoms with E-state index < -0.39 is 0 Å². The van der Waals surface area contributed by atoms with Gasteiger partial charge in [-0.05, 0) is 42.0 Å². The van der Waals surface area contributed by atoms with Gasteiger partial charge in [-0.15, -0.1) is 5.10 Å². The molecule has 2 aromatic heterocycles. The SMILES string of the molecule is O=C(Nc1nn(Cc2ccc(Cl)cc2)c2ccccc12)c1cccnn1. The van der Waals surface area contributed by atoms with E-state index in [0.29, 0.717) is 17.4 Å². The van der Waals surface area contributed by atoms with E-state index >= 15 is 0 Å². The molecule has 0 aliphatic rings. The van der Waals surface area contributed by atoms with Gasteiger partial charge in [0.25, 0.3) is 5.91 Å². The van der Waals surface area contributed by atoms with Gasteiger partial charge in [0, 0.05) is 16.6 Å². The molecule has 0 radical (unpaired) electrons. The largest absolute Gasteiger partial charge is 0.303 e. The molecule has 0 aliphatic heterocycles. The van der Waals surface area contributed by atoms with Crippen molar-refractivity contribution in [2.75, 3.05) is 5.32 Å². The summed E-state index contributed by atoms with van der Waals surface area (Å²) in [5.41, 5.74) is 2.23. The number of halogens is 1. The zero-order valence-corrected chi connectivity index (χ0v) is 14.4. The van der Waals surface area contributed by atoms with Gasteiger partial charge < -0.3 is 5.32 Å². The fourth-order valence-corrected chi connectivity index (χ4v) is 2.82. The number of carbonyl (C=O) groups excluding carboxylic acids is 1. The van der Waals surface area contributed by atoms with Crippen molar-refractivity contribution in [3.8, 4) is 0 Å². The van der Waals surface area contributed by atoms with Crippen molar-refractivity contribution < 1.29 is 4.79 Å². The highest BCUT2D eigenvalue weighted by molar-refractivity contribution is 6.30. The first-order chi connectivity index (χ1) is 12.7. The summed E-state index contributed by atoms with van der Waals surface area (Å²) in [4.78, 5) is 12.4. The highest BCUT2D eigenvalue weighted by atomic mass is 35.5. The number of fused-ring (bicyclic) bond motifs is 1. The maximum atomic E-state index is 12.4. The number of rotatable bonds is 4. The van der Waals surface area contributed by atoms with Crippen LogP contribution in [0.25, 0.3) is 10.9 Å². The second-order valence-corrected chi connectivity index (χ2v) is 6.15. The van der Waals surface area contributed by atoms with Crippen molar-refractivity contribution in [2.45, 2.75) is 6.54 Å². The van der Waals surface area contributed by atoms with Gasteiger partial charge in [-0.25, -0.2) is 0 Å². The summed E-state index contributed by atoms with van der Waals surface area (Å²) in [7, 11) is 0. The third-order valence-corrected chi connectivity index (χ3v) is 4.19. The molecule has 6 nitrogen and oxygen atoms in total. The van der Waals surface area contributed by atoms with Crippen LogP contribution in [0.5, 0.6) is 0 Å². The number of nitrogens with zero attached hydrogens (tertiary/aromatic N) is 4. The van der Waals surface area contributed by atoms with Crippen LogP contribution in [-0.4, -0.2) is 25.9 Å². The van der Waals surface area contributed by atoms with Gasteiger partial charge in [0.05, 0.1) is 12.1 Å². The number of benzene rings is 2. The van der Waals surface area contributed by atoms with Gasteiger partial charge in [-0.2, -0.15) is 10.2 Å². The Bertz CT molecular complexity index is 1060. The van der Waals surface area contributed by atoms with Crippen LogP contribution in [0.1, 0.15) is 16.1 Å². The number of hydrogen-bond acceptors (Lipinski definition) is 4. The molecular weight excluding hydrogens is 350 g/mol. The highest BCUT2D eigenvalue weighted by Crippen LogP contribution is 2.24. The van der Waals surface area contributed by atoms with E-state index in [0.717, 1.165) is 16.5 Å². The van der Waals surface area contributed by atoms with Crippen LogP contribution in [0, 0.1) is 0 Å². The molecule has 0 saturated carbocycles. The number of carbonyl (C=O) groups is 1. The molecule has 2 aromatic carbocycles. The lowest BCUT2D eigenvalue weighted by atomic mass is 10.2. The molecule has 0 saturated heterocycles. The molecule has 0 bridgehead atoms. The molecule has 0 aliphatic carbocycles. The van der Waals surface area contributed by atoms with Crippen LogP contribution in [0.3, 0.4) is 0 Å². The molecule has 4 rings (SSSR count). The number of anilines is 1. The molecule has 7 heteroatoms. The second-order valence-electron chi connectivity index (χ2n) is 5.71. The Balaban J connectivity index is 1.67. The highest BCUT2D eigenvalue weighted by Gasteiger charge is 2.15. The summed E-state index contributed by atoms with van der Waals surface area (Å²) in [6.45, 7) is 0.568. The van der Waals surface area contributed by atoms with Crippen LogP contribution in [0.15, 0.2) is 66.9 Å². The van der Waals surface area contributed by atoms with Crippen LogP contribution in [0.4, 0.5) is 5.82 Å². The van der Waals surface area contributed by atoms with Gasteiger partial charge >= 0.3 is 0 Å². The maximum absolute atomic E-state index is 12.4. The van der Waals surface area contributed by atoms with Crippen molar-refractivity contribution in [2.24, 2.45) is 0 Å². The zero-order valence-electron chi connectivity index (χ0n) is 13.6. The monoisotopic (exact) mass is 363 g/mol. The minimum absolute atomic E-state index is 0.240. The Morgan fingerprint density at radius 3 is 2.62 bits per heavy atom. The Morgan fingerprint density at radius 2 is 1.85 bits per heavy atom. The van der Waals surface area contributed by atoms with E-state index in [4.69, 9.17) is 11.6 Å². The standard InChI is InChI=1S/C19H14ClN5O/c20-14-9-7-13(8-10-14)12-25-17-6-2-1-4-15(17)18(24-25)22-19(26)16-5-3-11-21-23-16/h1-11H,12H2,(H,22,24,26). The summed E-state index contributed by atoms with van der Waals surface area (Å²) < 4.78 is 1.85. The molecule has 0 atom stereocenters. The van der Waals surface area contributed by atoms with Crippen molar-refractivity contribution >= 4 is 34.2 Å². The molecule has 0 spiro atoms. The fourth-order valence-electron chi connectivity index (χ4n) is 2.70. The Kier molecular flexibility index (Phi) is 4.33. The van der Waals surface area contributed by atoms with Gasteiger partial charge in [0.15, 0.2) is 11.5 Å². The van der Waals surface area contributed by atoms with E-state index in [1.165, 1.54) is 6.20 Å². The molecule has 4 aromatic rings. The third-order valence-electron chi connectivity index (χ3n) is 3.94. The molecule has 1 amide bonds. The molecule has 26 heavy (non-hydrogen) atoms. The minimum Gasteiger partial charge on any atom is -0.303 e. The number of aromatic nitrogens is 4. The number of nitrogens with one attached hydrogen (secondary N) is 1. The van der Waals surface area contributed by atoms with E-state index in [9.17, 15) is 4.79 Å². The van der Waals surface area contributed by atoms with Gasteiger partial charge in [-0.1, -0.05) is 35.9 Å². The molecule has 1 N–H and O–H groups in total.